The van der Waals surface area contributed by atoms with Crippen molar-refractivity contribution in [3.05, 3.63) is 0 Å². The van der Waals surface area contributed by atoms with Gasteiger partial charge in [-0.3, -0.25) is 9.69 Å². The number of likely N-dealkylation sites (N-methyl/N-ethyl adjacent to an activating group) is 1. The molecule has 0 bridgehead atoms. The van der Waals surface area contributed by atoms with Gasteiger partial charge in [0.25, 0.3) is 0 Å². The van der Waals surface area contributed by atoms with Gasteiger partial charge in [0.1, 0.15) is 6.04 Å². The van der Waals surface area contributed by atoms with Crippen LogP contribution in [0.5, 0.6) is 0 Å². The topological polar surface area (TPSA) is 60.0 Å². The molecule has 108 valence electrons. The molecule has 0 spiro atoms. The van der Waals surface area contributed by atoms with Crippen molar-refractivity contribution in [2.45, 2.75) is 12.5 Å². The van der Waals surface area contributed by atoms with Crippen LogP contribution in [0.25, 0.3) is 0 Å². The molecule has 1 atom stereocenters. The average Bonchev–Trinajstić information content (AvgIpc) is 2.40. The molecule has 0 radical (unpaired) electrons. The van der Waals surface area contributed by atoms with Crippen molar-refractivity contribution in [3.63, 3.8) is 0 Å². The van der Waals surface area contributed by atoms with E-state index in [-0.39, 0.29) is 12.0 Å². The minimum Gasteiger partial charge on any atom is -0.468 e. The van der Waals surface area contributed by atoms with Crippen LogP contribution in [-0.4, -0.2) is 78.1 Å². The highest BCUT2D eigenvalue weighted by Crippen LogP contribution is 1.98. The number of rotatable bonds is 11. The van der Waals surface area contributed by atoms with Crippen LogP contribution >= 0.6 is 0 Å². The summed E-state index contributed by atoms with van der Waals surface area (Å²) in [6.07, 6.45) is 0.928. The second kappa shape index (κ2) is 11.4. The van der Waals surface area contributed by atoms with E-state index in [2.05, 4.69) is 10.2 Å². The van der Waals surface area contributed by atoms with E-state index in [9.17, 15) is 4.79 Å². The van der Waals surface area contributed by atoms with Gasteiger partial charge in [-0.05, 0) is 13.5 Å². The number of esters is 1. The maximum absolute atomic E-state index is 11.5. The van der Waals surface area contributed by atoms with Gasteiger partial charge < -0.3 is 19.5 Å². The Morgan fingerprint density at radius 1 is 1.17 bits per heavy atom. The normalized spacial score (nSPS) is 12.7. The number of hydrogen-bond donors (Lipinski definition) is 1. The molecule has 1 N–H and O–H groups in total. The Kier molecular flexibility index (Phi) is 11.0. The summed E-state index contributed by atoms with van der Waals surface area (Å²) in [5.74, 6) is -0.244. The van der Waals surface area contributed by atoms with Crippen molar-refractivity contribution in [3.8, 4) is 0 Å². The van der Waals surface area contributed by atoms with Crippen molar-refractivity contribution in [2.75, 3.05) is 61.2 Å². The van der Waals surface area contributed by atoms with E-state index in [4.69, 9.17) is 14.2 Å². The molecule has 0 saturated carbocycles. The third kappa shape index (κ3) is 7.60. The summed E-state index contributed by atoms with van der Waals surface area (Å²) in [5, 5.41) is 2.96. The maximum Gasteiger partial charge on any atom is 0.324 e. The van der Waals surface area contributed by atoms with E-state index in [1.54, 1.807) is 21.3 Å². The van der Waals surface area contributed by atoms with Crippen molar-refractivity contribution in [2.24, 2.45) is 0 Å². The lowest BCUT2D eigenvalue weighted by Crippen LogP contribution is -2.46. The molecule has 0 aliphatic rings. The minimum absolute atomic E-state index is 0.244. The van der Waals surface area contributed by atoms with E-state index in [1.807, 2.05) is 0 Å². The number of methoxy groups -OCH3 is 3. The quantitative estimate of drug-likeness (QED) is 0.409. The van der Waals surface area contributed by atoms with Crippen LogP contribution in [-0.2, 0) is 19.0 Å². The standard InChI is InChI=1S/C12H26N2O4/c1-13-11(12(15)18-4)10-14(7-9-17-3)6-5-8-16-2/h11,13H,5-10H2,1-4H3. The van der Waals surface area contributed by atoms with Crippen molar-refractivity contribution in [1.29, 1.82) is 0 Å². The first-order chi connectivity index (χ1) is 8.69. The Bertz CT molecular complexity index is 214. The first-order valence-electron chi connectivity index (χ1n) is 6.14. The van der Waals surface area contributed by atoms with Gasteiger partial charge in [0.2, 0.25) is 0 Å². The first-order valence-corrected chi connectivity index (χ1v) is 6.14. The fraction of sp³-hybridized carbons (Fsp3) is 0.917. The predicted octanol–water partition coefficient (Wildman–Crippen LogP) is -0.268. The van der Waals surface area contributed by atoms with Crippen LogP contribution in [0.1, 0.15) is 6.42 Å². The number of carbonyl (C=O) groups is 1. The Hall–Kier alpha value is -0.690. The fourth-order valence-electron chi connectivity index (χ4n) is 1.63. The minimum atomic E-state index is -0.311. The summed E-state index contributed by atoms with van der Waals surface area (Å²) in [4.78, 5) is 13.7. The lowest BCUT2D eigenvalue weighted by Gasteiger charge is -2.25. The number of nitrogens with zero attached hydrogens (tertiary/aromatic N) is 1. The molecule has 0 heterocycles. The molecular formula is C12H26N2O4. The molecule has 6 heteroatoms. The van der Waals surface area contributed by atoms with Crippen LogP contribution in [0.4, 0.5) is 0 Å². The third-order valence-electron chi connectivity index (χ3n) is 2.71. The Morgan fingerprint density at radius 3 is 2.33 bits per heavy atom. The SMILES string of the molecule is CNC(CN(CCCOC)CCOC)C(=O)OC. The van der Waals surface area contributed by atoms with Crippen molar-refractivity contribution < 1.29 is 19.0 Å². The smallest absolute Gasteiger partial charge is 0.324 e. The first kappa shape index (κ1) is 17.3. The molecule has 0 aliphatic carbocycles. The summed E-state index contributed by atoms with van der Waals surface area (Å²) >= 11 is 0. The van der Waals surface area contributed by atoms with Gasteiger partial charge in [-0.1, -0.05) is 0 Å². The van der Waals surface area contributed by atoms with E-state index >= 15 is 0 Å². The lowest BCUT2D eigenvalue weighted by molar-refractivity contribution is -0.143. The molecular weight excluding hydrogens is 236 g/mol. The van der Waals surface area contributed by atoms with Gasteiger partial charge in [0, 0.05) is 40.5 Å². The third-order valence-corrected chi connectivity index (χ3v) is 2.71. The Balaban J connectivity index is 4.20. The van der Waals surface area contributed by atoms with Crippen LogP contribution in [0.15, 0.2) is 0 Å². The summed E-state index contributed by atoms with van der Waals surface area (Å²) in [6.45, 7) is 3.62. The van der Waals surface area contributed by atoms with Gasteiger partial charge in [-0.2, -0.15) is 0 Å². The zero-order chi connectivity index (χ0) is 13.8. The van der Waals surface area contributed by atoms with Crippen molar-refractivity contribution in [1.82, 2.24) is 10.2 Å². The number of nitrogens with one attached hydrogen (secondary N) is 1. The highest BCUT2D eigenvalue weighted by atomic mass is 16.5. The summed E-state index contributed by atoms with van der Waals surface area (Å²) in [6, 6.07) is -0.311. The summed E-state index contributed by atoms with van der Waals surface area (Å²) in [7, 11) is 6.51. The monoisotopic (exact) mass is 262 g/mol. The Labute approximate surface area is 110 Å². The van der Waals surface area contributed by atoms with Gasteiger partial charge in [0.15, 0.2) is 0 Å². The van der Waals surface area contributed by atoms with Gasteiger partial charge in [0.05, 0.1) is 13.7 Å². The zero-order valence-corrected chi connectivity index (χ0v) is 11.9. The predicted molar refractivity (Wildman–Crippen MR) is 69.7 cm³/mol. The van der Waals surface area contributed by atoms with Crippen LogP contribution < -0.4 is 5.32 Å². The number of hydrogen-bond acceptors (Lipinski definition) is 6. The highest BCUT2D eigenvalue weighted by Gasteiger charge is 2.20. The molecule has 0 rings (SSSR count). The number of carbonyl (C=O) groups excluding carboxylic acids is 1. The van der Waals surface area contributed by atoms with Crippen LogP contribution in [0.3, 0.4) is 0 Å². The van der Waals surface area contributed by atoms with Gasteiger partial charge in [-0.25, -0.2) is 0 Å². The molecule has 6 nitrogen and oxygen atoms in total. The van der Waals surface area contributed by atoms with Crippen LogP contribution in [0, 0.1) is 0 Å². The van der Waals surface area contributed by atoms with Crippen molar-refractivity contribution >= 4 is 5.97 Å². The molecule has 0 aromatic heterocycles. The summed E-state index contributed by atoms with van der Waals surface area (Å²) in [5.41, 5.74) is 0. The fourth-order valence-corrected chi connectivity index (χ4v) is 1.63. The van der Waals surface area contributed by atoms with Gasteiger partial charge in [-0.15, -0.1) is 0 Å². The lowest BCUT2D eigenvalue weighted by atomic mass is 10.2. The maximum atomic E-state index is 11.5. The molecule has 0 saturated heterocycles. The van der Waals surface area contributed by atoms with E-state index in [0.717, 1.165) is 19.5 Å². The van der Waals surface area contributed by atoms with Crippen LogP contribution in [0.2, 0.25) is 0 Å². The molecule has 1 unspecified atom stereocenters. The molecule has 0 aromatic rings. The van der Waals surface area contributed by atoms with E-state index in [1.165, 1.54) is 7.11 Å². The molecule has 0 aliphatic heterocycles. The zero-order valence-electron chi connectivity index (χ0n) is 11.9. The molecule has 0 amide bonds. The summed E-state index contributed by atoms with van der Waals surface area (Å²) < 4.78 is 14.9. The second-order valence-corrected chi connectivity index (χ2v) is 4.00. The van der Waals surface area contributed by atoms with E-state index < -0.39 is 0 Å². The number of ether oxygens (including phenoxy) is 3. The molecule has 0 fully saturated rings. The average molecular weight is 262 g/mol. The second-order valence-electron chi connectivity index (χ2n) is 4.00. The Morgan fingerprint density at radius 2 is 1.83 bits per heavy atom. The largest absolute Gasteiger partial charge is 0.468 e. The molecule has 18 heavy (non-hydrogen) atoms. The highest BCUT2D eigenvalue weighted by molar-refractivity contribution is 5.75. The molecule has 0 aromatic carbocycles. The van der Waals surface area contributed by atoms with Gasteiger partial charge >= 0.3 is 5.97 Å². The van der Waals surface area contributed by atoms with E-state index in [0.29, 0.717) is 19.8 Å².